The molecule has 150 valence electrons. The minimum absolute atomic E-state index is 0.0980. The number of aryl methyl sites for hydroxylation is 1. The zero-order valence-corrected chi connectivity index (χ0v) is 17.0. The average molecular weight is 403 g/mol. The fraction of sp³-hybridized carbons (Fsp3) is 0.381. The molecule has 28 heavy (non-hydrogen) atoms. The summed E-state index contributed by atoms with van der Waals surface area (Å²) in [6, 6.07) is 14.4. The Morgan fingerprint density at radius 2 is 1.96 bits per heavy atom. The first-order chi connectivity index (χ1) is 13.3. The van der Waals surface area contributed by atoms with Crippen molar-refractivity contribution in [3.05, 3.63) is 65.2 Å². The summed E-state index contributed by atoms with van der Waals surface area (Å²) in [4.78, 5) is 12.3. The highest BCUT2D eigenvalue weighted by molar-refractivity contribution is 7.92. The minimum atomic E-state index is -3.44. The molecule has 0 aromatic heterocycles. The van der Waals surface area contributed by atoms with E-state index in [1.807, 2.05) is 25.1 Å². The van der Waals surface area contributed by atoms with Gasteiger partial charge in [-0.25, -0.2) is 8.42 Å². The van der Waals surface area contributed by atoms with Gasteiger partial charge in [0.05, 0.1) is 24.6 Å². The van der Waals surface area contributed by atoms with Crippen molar-refractivity contribution < 1.29 is 17.9 Å². The van der Waals surface area contributed by atoms with Gasteiger partial charge in [0.15, 0.2) is 0 Å². The quantitative estimate of drug-likeness (QED) is 0.773. The van der Waals surface area contributed by atoms with Crippen LogP contribution in [-0.4, -0.2) is 39.8 Å². The Hall–Kier alpha value is -2.38. The molecule has 1 atom stereocenters. The molecule has 1 aliphatic heterocycles. The largest absolute Gasteiger partial charge is 0.376 e. The van der Waals surface area contributed by atoms with Gasteiger partial charge in [0, 0.05) is 18.7 Å². The zero-order chi connectivity index (χ0) is 20.1. The monoisotopic (exact) mass is 402 g/mol. The van der Waals surface area contributed by atoms with Gasteiger partial charge in [-0.1, -0.05) is 24.3 Å². The number of carbonyl (C=O) groups is 1. The second-order valence-electron chi connectivity index (χ2n) is 7.15. The summed E-state index contributed by atoms with van der Waals surface area (Å²) in [6.07, 6.45) is 3.30. The van der Waals surface area contributed by atoms with Gasteiger partial charge in [0.1, 0.15) is 0 Å². The number of amides is 1. The molecule has 1 aliphatic rings. The van der Waals surface area contributed by atoms with Crippen LogP contribution in [0.1, 0.15) is 34.3 Å². The molecule has 1 saturated heterocycles. The number of rotatable bonds is 7. The van der Waals surface area contributed by atoms with E-state index in [-0.39, 0.29) is 18.6 Å². The first-order valence-electron chi connectivity index (χ1n) is 9.36. The molecular weight excluding hydrogens is 376 g/mol. The molecule has 1 N–H and O–H groups in total. The van der Waals surface area contributed by atoms with Crippen LogP contribution in [0.15, 0.2) is 48.5 Å². The van der Waals surface area contributed by atoms with Crippen LogP contribution in [0.3, 0.4) is 0 Å². The molecule has 0 aliphatic carbocycles. The van der Waals surface area contributed by atoms with Crippen LogP contribution in [0.2, 0.25) is 0 Å². The van der Waals surface area contributed by atoms with E-state index in [1.54, 1.807) is 30.3 Å². The number of carbonyl (C=O) groups excluding carboxylic acids is 1. The van der Waals surface area contributed by atoms with Crippen molar-refractivity contribution in [1.29, 1.82) is 0 Å². The van der Waals surface area contributed by atoms with Gasteiger partial charge in [0.25, 0.3) is 5.91 Å². The molecule has 6 nitrogen and oxygen atoms in total. The van der Waals surface area contributed by atoms with E-state index in [0.29, 0.717) is 17.8 Å². The second kappa shape index (κ2) is 8.75. The molecule has 0 radical (unpaired) electrons. The summed E-state index contributed by atoms with van der Waals surface area (Å²) in [5.74, 6) is -0.152. The first kappa shape index (κ1) is 20.4. The fourth-order valence-corrected chi connectivity index (χ4v) is 4.10. The van der Waals surface area contributed by atoms with Crippen LogP contribution in [0.4, 0.5) is 5.69 Å². The Morgan fingerprint density at radius 1 is 1.21 bits per heavy atom. The van der Waals surface area contributed by atoms with Gasteiger partial charge in [-0.3, -0.25) is 9.10 Å². The van der Waals surface area contributed by atoms with Gasteiger partial charge in [-0.15, -0.1) is 0 Å². The van der Waals surface area contributed by atoms with Crippen LogP contribution in [0, 0.1) is 6.92 Å². The van der Waals surface area contributed by atoms with Crippen molar-refractivity contribution in [2.24, 2.45) is 0 Å². The van der Waals surface area contributed by atoms with Gasteiger partial charge in [0.2, 0.25) is 10.0 Å². The number of nitrogens with one attached hydrogen (secondary N) is 1. The summed E-state index contributed by atoms with van der Waals surface area (Å²) in [6.45, 7) is 3.40. The van der Waals surface area contributed by atoms with Crippen LogP contribution >= 0.6 is 0 Å². The number of anilines is 1. The second-order valence-corrected chi connectivity index (χ2v) is 9.06. The maximum atomic E-state index is 12.3. The van der Waals surface area contributed by atoms with Crippen LogP contribution in [0.5, 0.6) is 0 Å². The highest BCUT2D eigenvalue weighted by atomic mass is 32.2. The van der Waals surface area contributed by atoms with Gasteiger partial charge < -0.3 is 10.1 Å². The summed E-state index contributed by atoms with van der Waals surface area (Å²) in [5.41, 5.74) is 2.97. The zero-order valence-electron chi connectivity index (χ0n) is 16.2. The lowest BCUT2D eigenvalue weighted by atomic mass is 10.1. The lowest BCUT2D eigenvalue weighted by Gasteiger charge is -2.23. The lowest BCUT2D eigenvalue weighted by Crippen LogP contribution is -2.31. The van der Waals surface area contributed by atoms with Gasteiger partial charge in [-0.2, -0.15) is 0 Å². The SMILES string of the molecule is Cc1cccc(N(Cc2ccc(C(=O)NCC3CCCO3)cc2)S(C)(=O)=O)c1. The number of ether oxygens (including phenoxy) is 1. The topological polar surface area (TPSA) is 75.7 Å². The normalized spacial score (nSPS) is 16.7. The Bertz CT molecular complexity index is 920. The van der Waals surface area contributed by atoms with Crippen LogP contribution in [0.25, 0.3) is 0 Å². The first-order valence-corrected chi connectivity index (χ1v) is 11.2. The molecule has 0 spiro atoms. The van der Waals surface area contributed by atoms with Crippen molar-refractivity contribution in [2.75, 3.05) is 23.7 Å². The summed E-state index contributed by atoms with van der Waals surface area (Å²) < 4.78 is 31.4. The highest BCUT2D eigenvalue weighted by Gasteiger charge is 2.19. The van der Waals surface area contributed by atoms with Crippen molar-refractivity contribution in [1.82, 2.24) is 5.32 Å². The predicted molar refractivity (Wildman–Crippen MR) is 110 cm³/mol. The Balaban J connectivity index is 1.68. The standard InChI is InChI=1S/C21H26N2O4S/c1-16-5-3-6-19(13-16)23(28(2,25)26)15-17-8-10-18(11-9-17)21(24)22-14-20-7-4-12-27-20/h3,5-6,8-11,13,20H,4,7,12,14-15H2,1-2H3,(H,22,24). The molecule has 7 heteroatoms. The molecule has 0 bridgehead atoms. The number of sulfonamides is 1. The molecule has 3 rings (SSSR count). The number of hydrogen-bond donors (Lipinski definition) is 1. The average Bonchev–Trinajstić information content (AvgIpc) is 3.17. The fourth-order valence-electron chi connectivity index (χ4n) is 3.22. The Labute approximate surface area is 166 Å². The van der Waals surface area contributed by atoms with E-state index in [4.69, 9.17) is 4.74 Å². The molecule has 2 aromatic carbocycles. The summed E-state index contributed by atoms with van der Waals surface area (Å²) in [5, 5.41) is 2.89. The lowest BCUT2D eigenvalue weighted by molar-refractivity contribution is 0.0858. The van der Waals surface area contributed by atoms with Gasteiger partial charge in [-0.05, 0) is 55.2 Å². The molecule has 1 fully saturated rings. The minimum Gasteiger partial charge on any atom is -0.376 e. The van der Waals surface area contributed by atoms with E-state index in [9.17, 15) is 13.2 Å². The van der Waals surface area contributed by atoms with Crippen LogP contribution < -0.4 is 9.62 Å². The maximum absolute atomic E-state index is 12.3. The third-order valence-electron chi connectivity index (χ3n) is 4.75. The van der Waals surface area contributed by atoms with Crippen molar-refractivity contribution in [3.8, 4) is 0 Å². The summed E-state index contributed by atoms with van der Waals surface area (Å²) in [7, 11) is -3.44. The molecule has 0 saturated carbocycles. The van der Waals surface area contributed by atoms with Crippen molar-refractivity contribution in [2.45, 2.75) is 32.4 Å². The smallest absolute Gasteiger partial charge is 0.251 e. The maximum Gasteiger partial charge on any atom is 0.251 e. The van der Waals surface area contributed by atoms with E-state index in [0.717, 1.165) is 30.6 Å². The molecule has 1 unspecified atom stereocenters. The summed E-state index contributed by atoms with van der Waals surface area (Å²) >= 11 is 0. The third kappa shape index (κ3) is 5.33. The molecule has 2 aromatic rings. The van der Waals surface area contributed by atoms with E-state index in [2.05, 4.69) is 5.32 Å². The Morgan fingerprint density at radius 3 is 2.57 bits per heavy atom. The number of nitrogens with zero attached hydrogens (tertiary/aromatic N) is 1. The molecular formula is C21H26N2O4S. The van der Waals surface area contributed by atoms with E-state index >= 15 is 0 Å². The Kier molecular flexibility index (Phi) is 6.36. The third-order valence-corrected chi connectivity index (χ3v) is 5.89. The molecule has 1 heterocycles. The number of benzene rings is 2. The van der Waals surface area contributed by atoms with Crippen molar-refractivity contribution in [3.63, 3.8) is 0 Å². The van der Waals surface area contributed by atoms with Crippen molar-refractivity contribution >= 4 is 21.6 Å². The molecule has 1 amide bonds. The highest BCUT2D eigenvalue weighted by Crippen LogP contribution is 2.22. The number of hydrogen-bond acceptors (Lipinski definition) is 4. The van der Waals surface area contributed by atoms with E-state index in [1.165, 1.54) is 10.6 Å². The van der Waals surface area contributed by atoms with Gasteiger partial charge >= 0.3 is 0 Å². The predicted octanol–water partition coefficient (Wildman–Crippen LogP) is 2.87. The van der Waals surface area contributed by atoms with Crippen LogP contribution in [-0.2, 0) is 21.3 Å². The van der Waals surface area contributed by atoms with E-state index < -0.39 is 10.0 Å².